The Hall–Kier alpha value is -1.69. The van der Waals surface area contributed by atoms with Gasteiger partial charge in [0, 0.05) is 5.92 Å². The Labute approximate surface area is 124 Å². The summed E-state index contributed by atoms with van der Waals surface area (Å²) in [5.74, 6) is -0.381. The lowest BCUT2D eigenvalue weighted by Crippen LogP contribution is -2.35. The summed E-state index contributed by atoms with van der Waals surface area (Å²) in [4.78, 5) is 0.247. The van der Waals surface area contributed by atoms with Crippen molar-refractivity contribution in [3.05, 3.63) is 66.2 Å². The highest BCUT2D eigenvalue weighted by atomic mass is 32.2. The van der Waals surface area contributed by atoms with Crippen molar-refractivity contribution in [1.29, 1.82) is 0 Å². The first-order valence-corrected chi connectivity index (χ1v) is 8.30. The van der Waals surface area contributed by atoms with E-state index in [0.717, 1.165) is 5.56 Å². The summed E-state index contributed by atoms with van der Waals surface area (Å²) in [6.07, 6.45) is 0. The molecular weight excluding hydrogens is 286 g/mol. The number of hydrogen-bond donors (Lipinski definition) is 2. The molecule has 0 spiro atoms. The van der Waals surface area contributed by atoms with Crippen LogP contribution in [0.1, 0.15) is 11.5 Å². The van der Waals surface area contributed by atoms with Crippen LogP contribution in [0.4, 0.5) is 0 Å². The van der Waals surface area contributed by atoms with Gasteiger partial charge in [0.05, 0.1) is 22.3 Å². The second-order valence-corrected chi connectivity index (χ2v) is 7.51. The molecule has 3 atom stereocenters. The minimum atomic E-state index is -3.57. The topological polar surface area (TPSA) is 80.4 Å². The molecule has 1 saturated carbocycles. The smallest absolute Gasteiger partial charge is 0.183 e. The summed E-state index contributed by atoms with van der Waals surface area (Å²) in [5, 5.41) is 8.80. The highest BCUT2D eigenvalue weighted by Crippen LogP contribution is 2.55. The van der Waals surface area contributed by atoms with Crippen LogP contribution in [0.15, 0.2) is 65.6 Å². The first kappa shape index (κ1) is 14.3. The molecule has 3 rings (SSSR count). The van der Waals surface area contributed by atoms with Crippen LogP contribution in [-0.4, -0.2) is 30.9 Å². The van der Waals surface area contributed by atoms with E-state index in [1.807, 2.05) is 30.3 Å². The van der Waals surface area contributed by atoms with Gasteiger partial charge in [-0.3, -0.25) is 0 Å². The standard InChI is InChI=1S/C16H17NO3S/c17-16(11-18)14(12-7-3-1-4-8-12)15(16)21(19,20)13-9-5-2-6-10-13/h1-10,14-15,18H,11,17H2/t14-,15+,16-/m1/s1. The Morgan fingerprint density at radius 2 is 1.52 bits per heavy atom. The monoisotopic (exact) mass is 303 g/mol. The molecule has 2 aromatic rings. The summed E-state index contributed by atoms with van der Waals surface area (Å²) < 4.78 is 25.5. The number of nitrogens with two attached hydrogens (primary N) is 1. The molecule has 1 aliphatic carbocycles. The highest BCUT2D eigenvalue weighted by molar-refractivity contribution is 7.92. The zero-order chi connectivity index (χ0) is 15.1. The molecule has 1 aliphatic rings. The molecule has 3 N–H and O–H groups in total. The Balaban J connectivity index is 2.03. The van der Waals surface area contributed by atoms with Gasteiger partial charge in [0.15, 0.2) is 9.84 Å². The Morgan fingerprint density at radius 3 is 2.05 bits per heavy atom. The van der Waals surface area contributed by atoms with Crippen molar-refractivity contribution in [2.45, 2.75) is 21.6 Å². The number of hydrogen-bond acceptors (Lipinski definition) is 4. The normalized spacial score (nSPS) is 28.3. The molecule has 0 radical (unpaired) electrons. The number of rotatable bonds is 4. The van der Waals surface area contributed by atoms with Crippen LogP contribution in [0.5, 0.6) is 0 Å². The molecule has 110 valence electrons. The van der Waals surface area contributed by atoms with Crippen molar-refractivity contribution in [3.8, 4) is 0 Å². The van der Waals surface area contributed by atoms with Gasteiger partial charge in [0.2, 0.25) is 0 Å². The Kier molecular flexibility index (Phi) is 3.36. The van der Waals surface area contributed by atoms with Gasteiger partial charge < -0.3 is 10.8 Å². The zero-order valence-electron chi connectivity index (χ0n) is 11.4. The van der Waals surface area contributed by atoms with E-state index >= 15 is 0 Å². The maximum Gasteiger partial charge on any atom is 0.183 e. The number of aliphatic hydroxyl groups excluding tert-OH is 1. The van der Waals surface area contributed by atoms with Crippen molar-refractivity contribution in [3.63, 3.8) is 0 Å². The molecule has 0 amide bonds. The van der Waals surface area contributed by atoms with E-state index in [4.69, 9.17) is 5.73 Å². The second kappa shape index (κ2) is 4.94. The van der Waals surface area contributed by atoms with Gasteiger partial charge in [0.1, 0.15) is 0 Å². The Morgan fingerprint density at radius 1 is 1.00 bits per heavy atom. The van der Waals surface area contributed by atoms with Crippen LogP contribution in [0.3, 0.4) is 0 Å². The third-order valence-corrected chi connectivity index (χ3v) is 6.45. The van der Waals surface area contributed by atoms with Gasteiger partial charge in [-0.05, 0) is 17.7 Å². The fourth-order valence-electron chi connectivity index (χ4n) is 2.98. The van der Waals surface area contributed by atoms with Crippen LogP contribution < -0.4 is 5.73 Å². The van der Waals surface area contributed by atoms with E-state index in [1.165, 1.54) is 0 Å². The predicted octanol–water partition coefficient (Wildman–Crippen LogP) is 1.32. The minimum Gasteiger partial charge on any atom is -0.394 e. The summed E-state index contributed by atoms with van der Waals surface area (Å²) >= 11 is 0. The van der Waals surface area contributed by atoms with Gasteiger partial charge in [-0.2, -0.15) is 0 Å². The fraction of sp³-hybridized carbons (Fsp3) is 0.250. The zero-order valence-corrected chi connectivity index (χ0v) is 12.2. The quantitative estimate of drug-likeness (QED) is 0.892. The van der Waals surface area contributed by atoms with Crippen LogP contribution in [-0.2, 0) is 9.84 Å². The molecule has 21 heavy (non-hydrogen) atoms. The Bertz CT molecular complexity index is 731. The van der Waals surface area contributed by atoms with E-state index in [0.29, 0.717) is 0 Å². The van der Waals surface area contributed by atoms with Gasteiger partial charge >= 0.3 is 0 Å². The van der Waals surface area contributed by atoms with Crippen LogP contribution in [0.2, 0.25) is 0 Å². The van der Waals surface area contributed by atoms with Crippen molar-refractivity contribution in [1.82, 2.24) is 0 Å². The number of sulfone groups is 1. The van der Waals surface area contributed by atoms with E-state index in [2.05, 4.69) is 0 Å². The SMILES string of the molecule is N[C@]1(CO)[C@H](c2ccccc2)[C@@H]1S(=O)(=O)c1ccccc1. The summed E-state index contributed by atoms with van der Waals surface area (Å²) in [7, 11) is -3.57. The molecule has 2 aromatic carbocycles. The van der Waals surface area contributed by atoms with Crippen molar-refractivity contribution < 1.29 is 13.5 Å². The lowest BCUT2D eigenvalue weighted by molar-refractivity contribution is 0.253. The third kappa shape index (κ3) is 2.18. The molecule has 5 heteroatoms. The van der Waals surface area contributed by atoms with Gasteiger partial charge in [-0.25, -0.2) is 8.42 Å². The van der Waals surface area contributed by atoms with Crippen molar-refractivity contribution >= 4 is 9.84 Å². The summed E-state index contributed by atoms with van der Waals surface area (Å²) in [6, 6.07) is 17.5. The van der Waals surface area contributed by atoms with Gasteiger partial charge in [-0.15, -0.1) is 0 Å². The molecule has 0 bridgehead atoms. The van der Waals surface area contributed by atoms with E-state index in [9.17, 15) is 13.5 Å². The third-order valence-electron chi connectivity index (χ3n) is 4.14. The average molecular weight is 303 g/mol. The lowest BCUT2D eigenvalue weighted by Gasteiger charge is -2.08. The van der Waals surface area contributed by atoms with E-state index < -0.39 is 20.6 Å². The molecule has 1 fully saturated rings. The maximum absolute atomic E-state index is 12.8. The molecular formula is C16H17NO3S. The van der Waals surface area contributed by atoms with E-state index in [-0.39, 0.29) is 17.4 Å². The largest absolute Gasteiger partial charge is 0.394 e. The maximum atomic E-state index is 12.8. The average Bonchev–Trinajstić information content (AvgIpc) is 3.17. The van der Waals surface area contributed by atoms with Crippen molar-refractivity contribution in [2.24, 2.45) is 5.73 Å². The molecule has 0 aromatic heterocycles. The number of aliphatic hydroxyl groups is 1. The van der Waals surface area contributed by atoms with Crippen LogP contribution in [0, 0.1) is 0 Å². The van der Waals surface area contributed by atoms with E-state index in [1.54, 1.807) is 30.3 Å². The second-order valence-electron chi connectivity index (χ2n) is 5.44. The molecule has 0 heterocycles. The molecule has 0 saturated heterocycles. The first-order valence-electron chi connectivity index (χ1n) is 6.75. The molecule has 0 unspecified atom stereocenters. The summed E-state index contributed by atoms with van der Waals surface area (Å²) in [6.45, 7) is -0.358. The van der Waals surface area contributed by atoms with Crippen molar-refractivity contribution in [2.75, 3.05) is 6.61 Å². The lowest BCUT2D eigenvalue weighted by atomic mass is 10.1. The van der Waals surface area contributed by atoms with Crippen LogP contribution >= 0.6 is 0 Å². The fourth-order valence-corrected chi connectivity index (χ4v) is 5.30. The van der Waals surface area contributed by atoms with Gasteiger partial charge in [0.25, 0.3) is 0 Å². The predicted molar refractivity (Wildman–Crippen MR) is 80.6 cm³/mol. The van der Waals surface area contributed by atoms with Gasteiger partial charge in [-0.1, -0.05) is 48.5 Å². The minimum absolute atomic E-state index is 0.247. The van der Waals surface area contributed by atoms with Crippen LogP contribution in [0.25, 0.3) is 0 Å². The summed E-state index contributed by atoms with van der Waals surface area (Å²) in [5.41, 5.74) is 5.89. The molecule has 4 nitrogen and oxygen atoms in total. The highest BCUT2D eigenvalue weighted by Gasteiger charge is 2.68. The first-order chi connectivity index (χ1) is 10.0. The number of benzene rings is 2. The molecule has 0 aliphatic heterocycles.